The lowest BCUT2D eigenvalue weighted by molar-refractivity contribution is -0.120. The fraction of sp³-hybridized carbons (Fsp3) is 0.571. The van der Waals surface area contributed by atoms with Gasteiger partial charge in [0.1, 0.15) is 0 Å². The van der Waals surface area contributed by atoms with E-state index in [4.69, 9.17) is 0 Å². The summed E-state index contributed by atoms with van der Waals surface area (Å²) in [6, 6.07) is 0. The van der Waals surface area contributed by atoms with Crippen LogP contribution in [0.4, 0.5) is 5.13 Å². The highest BCUT2D eigenvalue weighted by molar-refractivity contribution is 9.11. The highest BCUT2D eigenvalue weighted by atomic mass is 79.9. The van der Waals surface area contributed by atoms with Crippen molar-refractivity contribution in [1.82, 2.24) is 15.5 Å². The molecule has 78 valence electrons. The highest BCUT2D eigenvalue weighted by Crippen LogP contribution is 2.19. The Morgan fingerprint density at radius 3 is 2.93 bits per heavy atom. The summed E-state index contributed by atoms with van der Waals surface area (Å²) in [6.07, 6.45) is 0.449. The molecule has 1 rings (SSSR count). The van der Waals surface area contributed by atoms with Crippen LogP contribution >= 0.6 is 27.3 Å². The number of rotatable bonds is 5. The van der Waals surface area contributed by atoms with Crippen LogP contribution in [-0.2, 0) is 4.79 Å². The first-order valence-electron chi connectivity index (χ1n) is 4.22. The summed E-state index contributed by atoms with van der Waals surface area (Å²) < 4.78 is 0.734. The van der Waals surface area contributed by atoms with Gasteiger partial charge in [0.2, 0.25) is 11.0 Å². The fourth-order valence-electron chi connectivity index (χ4n) is 0.845. The molecule has 0 bridgehead atoms. The number of nitrogens with zero attached hydrogens (tertiary/aromatic N) is 2. The van der Waals surface area contributed by atoms with Crippen LogP contribution in [0.25, 0.3) is 0 Å². The monoisotopic (exact) mass is 278 g/mol. The molecule has 2 N–H and O–H groups in total. The molecule has 0 radical (unpaired) electrons. The Morgan fingerprint density at radius 1 is 1.57 bits per heavy atom. The summed E-state index contributed by atoms with van der Waals surface area (Å²) in [4.78, 5) is 11.0. The standard InChI is InChI=1S/C7H11BrN4OS/c1-2-9-5(13)3-4-10-7-12-11-6(8)14-7/h2-4H2,1H3,(H,9,13)(H,10,12). The van der Waals surface area contributed by atoms with Crippen molar-refractivity contribution in [3.05, 3.63) is 3.92 Å². The van der Waals surface area contributed by atoms with Crippen LogP contribution in [0.3, 0.4) is 0 Å². The van der Waals surface area contributed by atoms with Gasteiger partial charge in [-0.1, -0.05) is 11.3 Å². The zero-order valence-electron chi connectivity index (χ0n) is 7.71. The van der Waals surface area contributed by atoms with E-state index in [2.05, 4.69) is 36.8 Å². The van der Waals surface area contributed by atoms with Crippen LogP contribution in [0.15, 0.2) is 3.92 Å². The summed E-state index contributed by atoms with van der Waals surface area (Å²) in [5.74, 6) is 0.0450. The first kappa shape index (κ1) is 11.4. The minimum atomic E-state index is 0.0450. The van der Waals surface area contributed by atoms with E-state index in [1.165, 1.54) is 11.3 Å². The molecule has 0 atom stereocenters. The van der Waals surface area contributed by atoms with E-state index in [9.17, 15) is 4.79 Å². The van der Waals surface area contributed by atoms with Crippen LogP contribution in [0.1, 0.15) is 13.3 Å². The van der Waals surface area contributed by atoms with E-state index in [0.29, 0.717) is 19.5 Å². The molecule has 0 aliphatic rings. The van der Waals surface area contributed by atoms with Gasteiger partial charge in [-0.05, 0) is 22.9 Å². The van der Waals surface area contributed by atoms with Crippen LogP contribution in [0, 0.1) is 0 Å². The van der Waals surface area contributed by atoms with Crippen LogP contribution in [0.5, 0.6) is 0 Å². The quantitative estimate of drug-likeness (QED) is 0.851. The Balaban J connectivity index is 2.18. The van der Waals surface area contributed by atoms with Crippen molar-refractivity contribution >= 4 is 38.3 Å². The first-order chi connectivity index (χ1) is 6.72. The number of hydrogen-bond donors (Lipinski definition) is 2. The third-order valence-corrected chi connectivity index (χ3v) is 2.72. The lowest BCUT2D eigenvalue weighted by atomic mass is 10.4. The van der Waals surface area contributed by atoms with Crippen molar-refractivity contribution in [3.63, 3.8) is 0 Å². The largest absolute Gasteiger partial charge is 0.360 e. The summed E-state index contributed by atoms with van der Waals surface area (Å²) in [5, 5.41) is 14.1. The second kappa shape index (κ2) is 5.92. The SMILES string of the molecule is CCNC(=O)CCNc1nnc(Br)s1. The van der Waals surface area contributed by atoms with Crippen molar-refractivity contribution in [3.8, 4) is 0 Å². The molecule has 0 aliphatic carbocycles. The van der Waals surface area contributed by atoms with Crippen molar-refractivity contribution in [2.24, 2.45) is 0 Å². The molecule has 5 nitrogen and oxygen atoms in total. The molecule has 0 saturated heterocycles. The predicted molar refractivity (Wildman–Crippen MR) is 59.4 cm³/mol. The highest BCUT2D eigenvalue weighted by Gasteiger charge is 2.02. The molecule has 1 aromatic rings. The Bertz CT molecular complexity index is 304. The maximum Gasteiger partial charge on any atom is 0.221 e. The van der Waals surface area contributed by atoms with Gasteiger partial charge in [-0.3, -0.25) is 4.79 Å². The molecule has 0 aliphatic heterocycles. The first-order valence-corrected chi connectivity index (χ1v) is 5.83. The Morgan fingerprint density at radius 2 is 2.36 bits per heavy atom. The Kier molecular flexibility index (Phi) is 4.81. The third kappa shape index (κ3) is 4.01. The van der Waals surface area contributed by atoms with Gasteiger partial charge in [0.25, 0.3) is 0 Å². The van der Waals surface area contributed by atoms with Gasteiger partial charge in [-0.25, -0.2) is 0 Å². The van der Waals surface area contributed by atoms with E-state index in [-0.39, 0.29) is 5.91 Å². The van der Waals surface area contributed by atoms with Gasteiger partial charge >= 0.3 is 0 Å². The Hall–Kier alpha value is -0.690. The summed E-state index contributed by atoms with van der Waals surface area (Å²) in [6.45, 7) is 3.14. The van der Waals surface area contributed by atoms with Gasteiger partial charge in [0, 0.05) is 19.5 Å². The minimum absolute atomic E-state index is 0.0450. The number of nitrogens with one attached hydrogen (secondary N) is 2. The number of anilines is 1. The number of aromatic nitrogens is 2. The molecule has 7 heteroatoms. The number of amides is 1. The molecule has 1 heterocycles. The molecule has 0 unspecified atom stereocenters. The van der Waals surface area contributed by atoms with Gasteiger partial charge in [-0.15, -0.1) is 10.2 Å². The van der Waals surface area contributed by atoms with E-state index in [1.54, 1.807) is 0 Å². The Labute approximate surface area is 94.4 Å². The summed E-state index contributed by atoms with van der Waals surface area (Å²) in [5.41, 5.74) is 0. The maximum absolute atomic E-state index is 11.0. The number of hydrogen-bond acceptors (Lipinski definition) is 5. The number of carbonyl (C=O) groups excluding carboxylic acids is 1. The average molecular weight is 279 g/mol. The molecule has 0 saturated carbocycles. The lowest BCUT2D eigenvalue weighted by Crippen LogP contribution is -2.24. The van der Waals surface area contributed by atoms with Crippen molar-refractivity contribution in [2.45, 2.75) is 13.3 Å². The zero-order valence-corrected chi connectivity index (χ0v) is 10.1. The smallest absolute Gasteiger partial charge is 0.221 e. The van der Waals surface area contributed by atoms with E-state index < -0.39 is 0 Å². The maximum atomic E-state index is 11.0. The topological polar surface area (TPSA) is 66.9 Å². The molecular weight excluding hydrogens is 268 g/mol. The van der Waals surface area contributed by atoms with Crippen LogP contribution in [0.2, 0.25) is 0 Å². The third-order valence-electron chi connectivity index (χ3n) is 1.40. The van der Waals surface area contributed by atoms with E-state index in [1.807, 2.05) is 6.92 Å². The van der Waals surface area contributed by atoms with Crippen LogP contribution < -0.4 is 10.6 Å². The summed E-state index contributed by atoms with van der Waals surface area (Å²) >= 11 is 4.61. The molecular formula is C7H11BrN4OS. The second-order valence-electron chi connectivity index (χ2n) is 2.49. The summed E-state index contributed by atoms with van der Waals surface area (Å²) in [7, 11) is 0. The molecule has 0 aromatic carbocycles. The lowest BCUT2D eigenvalue weighted by Gasteiger charge is -2.01. The number of carbonyl (C=O) groups is 1. The van der Waals surface area contributed by atoms with E-state index in [0.717, 1.165) is 9.05 Å². The second-order valence-corrected chi connectivity index (χ2v) is 4.74. The number of halogens is 1. The van der Waals surface area contributed by atoms with Gasteiger partial charge in [0.05, 0.1) is 0 Å². The molecule has 14 heavy (non-hydrogen) atoms. The van der Waals surface area contributed by atoms with Gasteiger partial charge in [0.15, 0.2) is 3.92 Å². The van der Waals surface area contributed by atoms with E-state index >= 15 is 0 Å². The molecule has 0 fully saturated rings. The minimum Gasteiger partial charge on any atom is -0.360 e. The van der Waals surface area contributed by atoms with Gasteiger partial charge < -0.3 is 10.6 Å². The molecule has 0 spiro atoms. The fourth-order valence-corrected chi connectivity index (χ4v) is 1.88. The van der Waals surface area contributed by atoms with Crippen molar-refractivity contribution in [1.29, 1.82) is 0 Å². The predicted octanol–water partition coefficient (Wildman–Crippen LogP) is 1.24. The van der Waals surface area contributed by atoms with Crippen molar-refractivity contribution < 1.29 is 4.79 Å². The van der Waals surface area contributed by atoms with Crippen LogP contribution in [-0.4, -0.2) is 29.2 Å². The zero-order chi connectivity index (χ0) is 10.4. The molecule has 1 amide bonds. The van der Waals surface area contributed by atoms with Gasteiger partial charge in [-0.2, -0.15) is 0 Å². The average Bonchev–Trinajstić information content (AvgIpc) is 2.52. The normalized spacial score (nSPS) is 9.86. The van der Waals surface area contributed by atoms with Crippen molar-refractivity contribution in [2.75, 3.05) is 18.4 Å². The molecule has 1 aromatic heterocycles.